The number of β-amino-alcohol motifs (C(OH)–C–C–N with tert-alkyl or cyclic N) is 1. The molecule has 2 aromatic rings. The summed E-state index contributed by atoms with van der Waals surface area (Å²) in [6.07, 6.45) is 1.98. The van der Waals surface area contributed by atoms with Crippen LogP contribution in [0.2, 0.25) is 0 Å². The molecule has 2 N–H and O–H groups in total. The van der Waals surface area contributed by atoms with E-state index in [4.69, 9.17) is 9.47 Å². The van der Waals surface area contributed by atoms with E-state index in [-0.39, 0.29) is 18.4 Å². The summed E-state index contributed by atoms with van der Waals surface area (Å²) in [4.78, 5) is 14.8. The van der Waals surface area contributed by atoms with Gasteiger partial charge in [-0.15, -0.1) is 0 Å². The number of nitrogens with zero attached hydrogens (tertiary/aromatic N) is 1. The standard InChI is InChI=1S/C24H32N2O4/c1-3-18-8-10-21(11-9-18)30-17-20(27)16-26-14-12-19(13-15-26)24(28)25-22-6-4-5-7-23(22)29-2/h4-11,19-20,27H,3,12-17H2,1-2H3,(H,25,28). The van der Waals surface area contributed by atoms with Gasteiger partial charge in [0.05, 0.1) is 12.8 Å². The number of methoxy groups -OCH3 is 1. The van der Waals surface area contributed by atoms with Gasteiger partial charge in [-0.3, -0.25) is 4.79 Å². The maximum Gasteiger partial charge on any atom is 0.227 e. The van der Waals surface area contributed by atoms with E-state index >= 15 is 0 Å². The van der Waals surface area contributed by atoms with Crippen LogP contribution in [0.25, 0.3) is 0 Å². The fourth-order valence-corrected chi connectivity index (χ4v) is 3.72. The summed E-state index contributed by atoms with van der Waals surface area (Å²) in [7, 11) is 1.60. The number of aliphatic hydroxyl groups excluding tert-OH is 1. The third-order valence-electron chi connectivity index (χ3n) is 5.57. The van der Waals surface area contributed by atoms with Gasteiger partial charge >= 0.3 is 0 Å². The molecule has 0 spiro atoms. The number of piperidine rings is 1. The number of para-hydroxylation sites is 2. The number of hydrogen-bond donors (Lipinski definition) is 2. The lowest BCUT2D eigenvalue weighted by atomic mass is 9.95. The number of benzene rings is 2. The first-order chi connectivity index (χ1) is 14.6. The first-order valence-corrected chi connectivity index (χ1v) is 10.6. The minimum Gasteiger partial charge on any atom is -0.495 e. The summed E-state index contributed by atoms with van der Waals surface area (Å²) in [6, 6.07) is 15.4. The average molecular weight is 413 g/mol. The molecule has 1 unspecified atom stereocenters. The summed E-state index contributed by atoms with van der Waals surface area (Å²) in [5.74, 6) is 1.43. The Bertz CT molecular complexity index is 801. The van der Waals surface area contributed by atoms with Gasteiger partial charge in [-0.2, -0.15) is 0 Å². The highest BCUT2D eigenvalue weighted by Crippen LogP contribution is 2.26. The average Bonchev–Trinajstić information content (AvgIpc) is 2.79. The van der Waals surface area contributed by atoms with Crippen LogP contribution >= 0.6 is 0 Å². The Balaban J connectivity index is 1.39. The number of hydrogen-bond acceptors (Lipinski definition) is 5. The van der Waals surface area contributed by atoms with Crippen LogP contribution < -0.4 is 14.8 Å². The Kier molecular flexibility index (Phi) is 8.11. The topological polar surface area (TPSA) is 71.0 Å². The van der Waals surface area contributed by atoms with Gasteiger partial charge in [-0.1, -0.05) is 31.2 Å². The molecule has 0 radical (unpaired) electrons. The summed E-state index contributed by atoms with van der Waals surface area (Å²) in [5, 5.41) is 13.3. The van der Waals surface area contributed by atoms with Crippen LogP contribution in [0, 0.1) is 5.92 Å². The van der Waals surface area contributed by atoms with E-state index in [1.807, 2.05) is 48.5 Å². The fourth-order valence-electron chi connectivity index (χ4n) is 3.72. The lowest BCUT2D eigenvalue weighted by Gasteiger charge is -2.32. The van der Waals surface area contributed by atoms with Gasteiger partial charge in [0.25, 0.3) is 0 Å². The second-order valence-corrected chi connectivity index (χ2v) is 7.73. The SMILES string of the molecule is CCc1ccc(OCC(O)CN2CCC(C(=O)Nc3ccccc3OC)CC2)cc1. The monoisotopic (exact) mass is 412 g/mol. The maximum absolute atomic E-state index is 12.6. The van der Waals surface area contributed by atoms with Crippen LogP contribution in [-0.4, -0.2) is 55.4 Å². The number of nitrogens with one attached hydrogen (secondary N) is 1. The van der Waals surface area contributed by atoms with E-state index in [0.717, 1.165) is 38.1 Å². The van der Waals surface area contributed by atoms with Crippen molar-refractivity contribution in [2.45, 2.75) is 32.3 Å². The summed E-state index contributed by atoms with van der Waals surface area (Å²) in [5.41, 5.74) is 1.97. The van der Waals surface area contributed by atoms with Crippen LogP contribution in [0.5, 0.6) is 11.5 Å². The molecular formula is C24H32N2O4. The van der Waals surface area contributed by atoms with E-state index in [1.54, 1.807) is 7.11 Å². The van der Waals surface area contributed by atoms with Gasteiger partial charge in [0, 0.05) is 12.5 Å². The van der Waals surface area contributed by atoms with Crippen molar-refractivity contribution >= 4 is 11.6 Å². The maximum atomic E-state index is 12.6. The second kappa shape index (κ2) is 11.0. The third kappa shape index (κ3) is 6.21. The molecular weight excluding hydrogens is 380 g/mol. The van der Waals surface area contributed by atoms with E-state index in [1.165, 1.54) is 5.56 Å². The smallest absolute Gasteiger partial charge is 0.227 e. The van der Waals surface area contributed by atoms with Gasteiger partial charge in [0.1, 0.15) is 24.2 Å². The molecule has 2 aromatic carbocycles. The number of likely N-dealkylation sites (tertiary alicyclic amines) is 1. The zero-order chi connectivity index (χ0) is 21.3. The minimum absolute atomic E-state index is 0.0264. The zero-order valence-electron chi connectivity index (χ0n) is 17.8. The summed E-state index contributed by atoms with van der Waals surface area (Å²) < 4.78 is 11.0. The number of aliphatic hydroxyl groups is 1. The Hall–Kier alpha value is -2.57. The van der Waals surface area contributed by atoms with Crippen molar-refractivity contribution in [3.8, 4) is 11.5 Å². The molecule has 0 aliphatic carbocycles. The quantitative estimate of drug-likeness (QED) is 0.661. The fraction of sp³-hybridized carbons (Fsp3) is 0.458. The number of carbonyl (C=O) groups excluding carboxylic acids is 1. The van der Waals surface area contributed by atoms with Gasteiger partial charge in [0.15, 0.2) is 0 Å². The van der Waals surface area contributed by atoms with Crippen molar-refractivity contribution in [2.24, 2.45) is 5.92 Å². The third-order valence-corrected chi connectivity index (χ3v) is 5.57. The largest absolute Gasteiger partial charge is 0.495 e. The minimum atomic E-state index is -0.560. The van der Waals surface area contributed by atoms with Gasteiger partial charge in [0.2, 0.25) is 5.91 Å². The van der Waals surface area contributed by atoms with Crippen molar-refractivity contribution in [1.29, 1.82) is 0 Å². The molecule has 30 heavy (non-hydrogen) atoms. The van der Waals surface area contributed by atoms with E-state index in [9.17, 15) is 9.90 Å². The van der Waals surface area contributed by atoms with Crippen molar-refractivity contribution < 1.29 is 19.4 Å². The summed E-state index contributed by atoms with van der Waals surface area (Å²) in [6.45, 7) is 4.50. The van der Waals surface area contributed by atoms with Crippen LogP contribution in [-0.2, 0) is 11.2 Å². The van der Waals surface area contributed by atoms with E-state index < -0.39 is 6.10 Å². The summed E-state index contributed by atoms with van der Waals surface area (Å²) >= 11 is 0. The van der Waals surface area contributed by atoms with Gasteiger partial charge < -0.3 is 24.8 Å². The lowest BCUT2D eigenvalue weighted by molar-refractivity contribution is -0.121. The molecule has 1 aliphatic rings. The predicted molar refractivity (Wildman–Crippen MR) is 118 cm³/mol. The Labute approximate surface area is 178 Å². The number of anilines is 1. The van der Waals surface area contributed by atoms with Crippen LogP contribution in [0.4, 0.5) is 5.69 Å². The molecule has 162 valence electrons. The Morgan fingerprint density at radius 1 is 1.17 bits per heavy atom. The van der Waals surface area contributed by atoms with E-state index in [0.29, 0.717) is 18.0 Å². The predicted octanol–water partition coefficient (Wildman–Crippen LogP) is 3.35. The van der Waals surface area contributed by atoms with Crippen molar-refractivity contribution in [3.05, 3.63) is 54.1 Å². The molecule has 6 nitrogen and oxygen atoms in total. The van der Waals surface area contributed by atoms with Crippen molar-refractivity contribution in [3.63, 3.8) is 0 Å². The molecule has 1 fully saturated rings. The number of ether oxygens (including phenoxy) is 2. The number of rotatable bonds is 9. The molecule has 1 saturated heterocycles. The Morgan fingerprint density at radius 3 is 2.53 bits per heavy atom. The normalized spacial score (nSPS) is 16.1. The molecule has 1 heterocycles. The highest BCUT2D eigenvalue weighted by atomic mass is 16.5. The second-order valence-electron chi connectivity index (χ2n) is 7.73. The highest BCUT2D eigenvalue weighted by molar-refractivity contribution is 5.94. The van der Waals surface area contributed by atoms with Crippen LogP contribution in [0.15, 0.2) is 48.5 Å². The first kappa shape index (κ1) is 22.1. The molecule has 3 rings (SSSR count). The van der Waals surface area contributed by atoms with Gasteiger partial charge in [-0.25, -0.2) is 0 Å². The molecule has 6 heteroatoms. The first-order valence-electron chi connectivity index (χ1n) is 10.6. The molecule has 1 aliphatic heterocycles. The molecule has 1 atom stereocenters. The van der Waals surface area contributed by atoms with Crippen LogP contribution in [0.3, 0.4) is 0 Å². The lowest BCUT2D eigenvalue weighted by Crippen LogP contribution is -2.42. The molecule has 1 amide bonds. The number of aryl methyl sites for hydroxylation is 1. The Morgan fingerprint density at radius 2 is 1.87 bits per heavy atom. The number of amides is 1. The molecule has 0 bridgehead atoms. The van der Waals surface area contributed by atoms with Gasteiger partial charge in [-0.05, 0) is 62.2 Å². The number of carbonyl (C=O) groups is 1. The molecule has 0 saturated carbocycles. The molecule has 0 aromatic heterocycles. The highest BCUT2D eigenvalue weighted by Gasteiger charge is 2.26. The van der Waals surface area contributed by atoms with E-state index in [2.05, 4.69) is 17.1 Å². The van der Waals surface area contributed by atoms with Crippen LogP contribution in [0.1, 0.15) is 25.3 Å². The van der Waals surface area contributed by atoms with Crippen molar-refractivity contribution in [2.75, 3.05) is 38.7 Å². The van der Waals surface area contributed by atoms with Crippen molar-refractivity contribution in [1.82, 2.24) is 4.90 Å². The zero-order valence-corrected chi connectivity index (χ0v) is 17.8.